The van der Waals surface area contributed by atoms with Crippen LogP contribution in [0, 0.1) is 0 Å². The van der Waals surface area contributed by atoms with Gasteiger partial charge in [-0.2, -0.15) is 26.3 Å². The number of rotatable bonds is 19. The van der Waals surface area contributed by atoms with Crippen LogP contribution in [0.5, 0.6) is 0 Å². The highest BCUT2D eigenvalue weighted by molar-refractivity contribution is 8.13. The zero-order valence-electron chi connectivity index (χ0n) is 23.6. The van der Waals surface area contributed by atoms with Crippen molar-refractivity contribution >= 4 is 32.2 Å². The first-order valence-corrected chi connectivity index (χ1v) is 16.2. The van der Waals surface area contributed by atoms with Crippen molar-refractivity contribution in [2.24, 2.45) is 4.99 Å². The Morgan fingerprint density at radius 2 is 1.49 bits per heavy atom. The Balaban J connectivity index is 0.000000994. The summed E-state index contributed by atoms with van der Waals surface area (Å²) in [7, 11) is -13.4. The number of halogens is 6. The number of hydrogen-bond acceptors (Lipinski definition) is 8. The van der Waals surface area contributed by atoms with Gasteiger partial charge >= 0.3 is 17.1 Å². The third-order valence-electron chi connectivity index (χ3n) is 5.41. The van der Waals surface area contributed by atoms with E-state index in [1.807, 2.05) is 10.8 Å². The third kappa shape index (κ3) is 18.5. The van der Waals surface area contributed by atoms with Gasteiger partial charge in [-0.25, -0.2) is 40.6 Å². The smallest absolute Gasteiger partial charge is 0.445 e. The van der Waals surface area contributed by atoms with Gasteiger partial charge in [-0.15, -0.1) is 0 Å². The fraction of sp³-hybridized carbons (Fsp3) is 0.783. The van der Waals surface area contributed by atoms with E-state index >= 15 is 0 Å². The molecule has 0 bridgehead atoms. The van der Waals surface area contributed by atoms with Gasteiger partial charge in [0.1, 0.15) is 25.5 Å². The van der Waals surface area contributed by atoms with Crippen molar-refractivity contribution in [2.75, 3.05) is 19.7 Å². The molecule has 1 rings (SSSR count). The number of alkyl halides is 6. The molecule has 12 nitrogen and oxygen atoms in total. The molecule has 1 aromatic heterocycles. The number of isocyanates is 1. The molecule has 0 aromatic carbocycles. The molecule has 0 aliphatic rings. The quantitative estimate of drug-likeness (QED) is 0.0725. The van der Waals surface area contributed by atoms with Crippen LogP contribution in [-0.4, -0.2) is 64.3 Å². The number of carbonyl (C=O) groups is 1. The average Bonchev–Trinajstić information content (AvgIpc) is 3.33. The topological polar surface area (TPSA) is 159 Å². The predicted octanol–water partition coefficient (Wildman–Crippen LogP) is 4.82. The number of nitrogens with one attached hydrogen (secondary N) is 1. The highest BCUT2D eigenvalue weighted by Gasteiger charge is 2.46. The minimum absolute atomic E-state index is 0.362. The summed E-state index contributed by atoms with van der Waals surface area (Å²) in [5, 5.41) is 2.76. The first kappa shape index (κ1) is 40.3. The van der Waals surface area contributed by atoms with Gasteiger partial charge < -0.3 is 14.2 Å². The fourth-order valence-electron chi connectivity index (χ4n) is 3.19. The van der Waals surface area contributed by atoms with E-state index in [1.165, 1.54) is 44.6 Å². The number of aliphatic imine (C=N–C) groups is 1. The Morgan fingerprint density at radius 3 is 2.07 bits per heavy atom. The number of ether oxygens (including phenoxy) is 1. The highest BCUT2D eigenvalue weighted by atomic mass is 32.3. The Labute approximate surface area is 247 Å². The van der Waals surface area contributed by atoms with Crippen LogP contribution in [0.1, 0.15) is 71.1 Å². The molecule has 1 amide bonds. The standard InChI is InChI=1S/C21H36N4O3.C2F6NO4S2/c1-2-3-4-5-8-11-14-24-15-16-25(20-24)17-18-28-21(27)23-13-10-7-6-9-12-22-19-26;3-1(4,5)14(10,11)9-15(12,13)2(6,7)8/h15-16,20H,2-14,17-18H2,1H3;/q;-1/p+1. The number of amides is 1. The van der Waals surface area contributed by atoms with Gasteiger partial charge in [-0.3, -0.25) is 0 Å². The lowest BCUT2D eigenvalue weighted by Gasteiger charge is -2.22. The molecule has 1 aromatic rings. The normalized spacial score (nSPS) is 12.2. The fourth-order valence-corrected chi connectivity index (χ4v) is 4.90. The van der Waals surface area contributed by atoms with Crippen LogP contribution >= 0.6 is 0 Å². The molecule has 0 aliphatic carbocycles. The zero-order valence-corrected chi connectivity index (χ0v) is 25.2. The zero-order chi connectivity index (χ0) is 33.0. The van der Waals surface area contributed by atoms with E-state index < -0.39 is 31.1 Å². The van der Waals surface area contributed by atoms with E-state index in [9.17, 15) is 52.8 Å². The molecule has 1 N–H and O–H groups in total. The van der Waals surface area contributed by atoms with Crippen molar-refractivity contribution in [3.05, 3.63) is 22.8 Å². The molecule has 0 radical (unpaired) electrons. The molecule has 0 unspecified atom stereocenters. The van der Waals surface area contributed by atoms with Crippen LogP contribution in [0.25, 0.3) is 4.13 Å². The second kappa shape index (κ2) is 20.3. The van der Waals surface area contributed by atoms with Gasteiger partial charge in [0.25, 0.3) is 0 Å². The lowest BCUT2D eigenvalue weighted by molar-refractivity contribution is -0.696. The maximum atomic E-state index is 11.7. The van der Waals surface area contributed by atoms with Gasteiger partial charge in [0.15, 0.2) is 20.0 Å². The minimum Gasteiger partial charge on any atom is -0.445 e. The maximum absolute atomic E-state index is 11.7. The molecule has 250 valence electrons. The summed E-state index contributed by atoms with van der Waals surface area (Å²) in [4.78, 5) is 25.1. The molecular formula is C23H37F6N5O7S2. The first-order chi connectivity index (χ1) is 20.0. The minimum atomic E-state index is -6.72. The number of aryl methyl sites for hydroxylation is 1. The van der Waals surface area contributed by atoms with Crippen molar-refractivity contribution in [2.45, 2.75) is 95.2 Å². The van der Waals surface area contributed by atoms with Crippen molar-refractivity contribution in [1.82, 2.24) is 9.88 Å². The highest BCUT2D eigenvalue weighted by Crippen LogP contribution is 2.36. The molecule has 0 fully saturated rings. The Morgan fingerprint density at radius 1 is 0.930 bits per heavy atom. The number of aromatic nitrogens is 2. The number of nitrogens with zero attached hydrogens (tertiary/aromatic N) is 4. The summed E-state index contributed by atoms with van der Waals surface area (Å²) in [6.45, 7) is 5.45. The van der Waals surface area contributed by atoms with Crippen LogP contribution in [0.15, 0.2) is 23.7 Å². The SMILES string of the molecule is CCCCCCCC[n+]1ccn(CCOC(=O)NCCCCCCN=C=O)c1.O=S(=O)([N-]S(=O)(=O)C(F)(F)F)C(F)(F)F. The molecule has 0 atom stereocenters. The molecule has 0 aliphatic heterocycles. The third-order valence-corrected chi connectivity index (χ3v) is 8.15. The lowest BCUT2D eigenvalue weighted by atomic mass is 10.1. The monoisotopic (exact) mass is 673 g/mol. The Bertz CT molecular complexity index is 1160. The van der Waals surface area contributed by atoms with E-state index in [1.54, 1.807) is 0 Å². The van der Waals surface area contributed by atoms with Gasteiger partial charge in [0.05, 0.1) is 13.1 Å². The molecule has 43 heavy (non-hydrogen) atoms. The van der Waals surface area contributed by atoms with Crippen LogP contribution in [0.3, 0.4) is 0 Å². The number of sulfonamides is 2. The molecule has 20 heteroatoms. The van der Waals surface area contributed by atoms with Crippen molar-refractivity contribution in [3.8, 4) is 0 Å². The summed E-state index contributed by atoms with van der Waals surface area (Å²) in [6.07, 6.45) is 18.9. The largest absolute Gasteiger partial charge is 0.480 e. The van der Waals surface area contributed by atoms with Crippen LogP contribution in [0.4, 0.5) is 31.1 Å². The number of carbonyl (C=O) groups excluding carboxylic acids is 2. The van der Waals surface area contributed by atoms with Crippen molar-refractivity contribution < 1.29 is 62.1 Å². The van der Waals surface area contributed by atoms with Crippen LogP contribution in [0.2, 0.25) is 0 Å². The van der Waals surface area contributed by atoms with Crippen molar-refractivity contribution in [3.63, 3.8) is 0 Å². The number of unbranched alkanes of at least 4 members (excludes halogenated alkanes) is 8. The Hall–Kier alpha value is -2.70. The summed E-state index contributed by atoms with van der Waals surface area (Å²) >= 11 is 0. The second-order valence-corrected chi connectivity index (χ2v) is 12.4. The number of imidazole rings is 1. The second-order valence-electron chi connectivity index (χ2n) is 9.02. The van der Waals surface area contributed by atoms with E-state index in [0.717, 1.165) is 36.4 Å². The number of alkyl carbamates (subject to hydrolysis) is 1. The predicted molar refractivity (Wildman–Crippen MR) is 142 cm³/mol. The van der Waals surface area contributed by atoms with Gasteiger partial charge in [-0.1, -0.05) is 45.4 Å². The van der Waals surface area contributed by atoms with E-state index in [-0.39, 0.29) is 6.09 Å². The van der Waals surface area contributed by atoms with Gasteiger partial charge in [0, 0.05) is 6.54 Å². The summed E-state index contributed by atoms with van der Waals surface area (Å²) in [5.41, 5.74) is -12.4. The first-order valence-electron chi connectivity index (χ1n) is 13.3. The average molecular weight is 674 g/mol. The molecule has 0 saturated heterocycles. The van der Waals surface area contributed by atoms with Gasteiger partial charge in [-0.05, 0) is 25.7 Å². The number of hydrogen-bond donors (Lipinski definition) is 1. The Kier molecular flexibility index (Phi) is 19.0. The summed E-state index contributed by atoms with van der Waals surface area (Å²) in [6, 6.07) is 0. The lowest BCUT2D eigenvalue weighted by Crippen LogP contribution is -2.31. The van der Waals surface area contributed by atoms with E-state index in [0.29, 0.717) is 26.2 Å². The van der Waals surface area contributed by atoms with E-state index in [4.69, 9.17) is 4.74 Å². The summed E-state index contributed by atoms with van der Waals surface area (Å²) < 4.78 is 119. The molecular weight excluding hydrogens is 636 g/mol. The molecule has 1 heterocycles. The van der Waals surface area contributed by atoms with Gasteiger partial charge in [0.2, 0.25) is 12.4 Å². The summed E-state index contributed by atoms with van der Waals surface area (Å²) in [5.74, 6) is 0. The van der Waals surface area contributed by atoms with Crippen LogP contribution < -0.4 is 9.88 Å². The van der Waals surface area contributed by atoms with E-state index in [2.05, 4.69) is 34.3 Å². The molecule has 0 spiro atoms. The maximum Gasteiger partial charge on any atom is 0.480 e. The molecule has 0 saturated carbocycles. The van der Waals surface area contributed by atoms with Crippen LogP contribution in [-0.2, 0) is 42.7 Å². The van der Waals surface area contributed by atoms with Crippen molar-refractivity contribution in [1.29, 1.82) is 0 Å².